The fraction of sp³-hybridized carbons (Fsp3) is 0.364. The topological polar surface area (TPSA) is 55.8 Å². The van der Waals surface area contributed by atoms with Crippen LogP contribution in [0.2, 0.25) is 0 Å². The van der Waals surface area contributed by atoms with E-state index in [2.05, 4.69) is 0 Å². The molecule has 1 atom stereocenters. The number of hydrogen-bond donors (Lipinski definition) is 1. The second-order valence-corrected chi connectivity index (χ2v) is 3.36. The van der Waals surface area contributed by atoms with Crippen LogP contribution in [0, 0.1) is 0 Å². The molecule has 15 heavy (non-hydrogen) atoms. The first-order valence-electron chi connectivity index (χ1n) is 4.80. The number of ether oxygens (including phenoxy) is 2. The van der Waals surface area contributed by atoms with Gasteiger partial charge in [-0.15, -0.1) is 0 Å². The Morgan fingerprint density at radius 2 is 2.27 bits per heavy atom. The van der Waals surface area contributed by atoms with Gasteiger partial charge in [-0.1, -0.05) is 12.1 Å². The lowest BCUT2D eigenvalue weighted by atomic mass is 10.1. The second kappa shape index (κ2) is 4.42. The van der Waals surface area contributed by atoms with Gasteiger partial charge in [-0.05, 0) is 17.7 Å². The lowest BCUT2D eigenvalue weighted by Crippen LogP contribution is -2.22. The van der Waals surface area contributed by atoms with Gasteiger partial charge in [0.2, 0.25) is 0 Å². The van der Waals surface area contributed by atoms with Crippen molar-refractivity contribution in [1.29, 1.82) is 0 Å². The number of carbonyl (C=O) groups is 1. The van der Waals surface area contributed by atoms with E-state index in [0.29, 0.717) is 19.8 Å². The molecule has 1 aliphatic heterocycles. The Morgan fingerprint density at radius 1 is 1.40 bits per heavy atom. The van der Waals surface area contributed by atoms with Crippen LogP contribution >= 0.6 is 0 Å². The molecule has 0 aromatic heterocycles. The van der Waals surface area contributed by atoms with Gasteiger partial charge in [0.15, 0.2) is 0 Å². The summed E-state index contributed by atoms with van der Waals surface area (Å²) in [6.07, 6.45) is -0.141. The molecule has 0 radical (unpaired) electrons. The molecule has 1 heterocycles. The summed E-state index contributed by atoms with van der Waals surface area (Å²) in [6, 6.07) is 6.76. The van der Waals surface area contributed by atoms with Gasteiger partial charge in [-0.2, -0.15) is 0 Å². The van der Waals surface area contributed by atoms with Crippen molar-refractivity contribution >= 4 is 5.97 Å². The zero-order valence-electron chi connectivity index (χ0n) is 8.18. The summed E-state index contributed by atoms with van der Waals surface area (Å²) < 4.78 is 10.7. The minimum absolute atomic E-state index is 0.141. The van der Waals surface area contributed by atoms with Crippen LogP contribution < -0.4 is 0 Å². The van der Waals surface area contributed by atoms with E-state index in [9.17, 15) is 4.79 Å². The summed E-state index contributed by atoms with van der Waals surface area (Å²) in [6.45, 7) is 1.65. The minimum atomic E-state index is -0.923. The van der Waals surface area contributed by atoms with E-state index < -0.39 is 5.97 Å². The highest BCUT2D eigenvalue weighted by molar-refractivity contribution is 5.87. The predicted molar refractivity (Wildman–Crippen MR) is 52.9 cm³/mol. The van der Waals surface area contributed by atoms with Crippen molar-refractivity contribution < 1.29 is 19.4 Å². The van der Waals surface area contributed by atoms with Gasteiger partial charge in [0.25, 0.3) is 0 Å². The zero-order chi connectivity index (χ0) is 10.7. The lowest BCUT2D eigenvalue weighted by molar-refractivity contribution is -0.0901. The van der Waals surface area contributed by atoms with Crippen molar-refractivity contribution in [3.63, 3.8) is 0 Å². The Bertz CT molecular complexity index is 355. The van der Waals surface area contributed by atoms with Crippen molar-refractivity contribution in [2.45, 2.75) is 6.10 Å². The summed E-state index contributed by atoms with van der Waals surface area (Å²) in [5, 5.41) is 8.84. The first-order chi connectivity index (χ1) is 7.27. The van der Waals surface area contributed by atoms with Crippen molar-refractivity contribution in [2.75, 3.05) is 19.8 Å². The molecule has 4 heteroatoms. The molecule has 80 valence electrons. The molecular formula is C11H12O4. The van der Waals surface area contributed by atoms with Gasteiger partial charge in [0, 0.05) is 0 Å². The largest absolute Gasteiger partial charge is 0.478 e. The van der Waals surface area contributed by atoms with E-state index in [1.54, 1.807) is 18.2 Å². The summed E-state index contributed by atoms with van der Waals surface area (Å²) in [5.74, 6) is -0.923. The monoisotopic (exact) mass is 208 g/mol. The molecule has 1 fully saturated rings. The van der Waals surface area contributed by atoms with Crippen LogP contribution in [-0.2, 0) is 9.47 Å². The fourth-order valence-corrected chi connectivity index (χ4v) is 1.55. The normalized spacial score (nSPS) is 21.2. The van der Waals surface area contributed by atoms with Gasteiger partial charge in [-0.25, -0.2) is 4.79 Å². The first-order valence-corrected chi connectivity index (χ1v) is 4.80. The number of aromatic carboxylic acids is 1. The number of hydrogen-bond acceptors (Lipinski definition) is 3. The Kier molecular flexibility index (Phi) is 2.99. The lowest BCUT2D eigenvalue weighted by Gasteiger charge is -2.23. The number of carboxylic acids is 1. The van der Waals surface area contributed by atoms with Gasteiger partial charge in [0.05, 0.1) is 25.4 Å². The van der Waals surface area contributed by atoms with Crippen molar-refractivity contribution in [3.8, 4) is 0 Å². The second-order valence-electron chi connectivity index (χ2n) is 3.36. The molecule has 1 aliphatic rings. The van der Waals surface area contributed by atoms with Gasteiger partial charge in [0.1, 0.15) is 6.10 Å². The Hall–Kier alpha value is -1.39. The van der Waals surface area contributed by atoms with Crippen LogP contribution in [0.4, 0.5) is 0 Å². The molecule has 0 bridgehead atoms. The van der Waals surface area contributed by atoms with E-state index >= 15 is 0 Å². The average Bonchev–Trinajstić information content (AvgIpc) is 2.30. The first kappa shape index (κ1) is 10.1. The minimum Gasteiger partial charge on any atom is -0.478 e. The molecule has 1 aromatic rings. The highest BCUT2D eigenvalue weighted by Crippen LogP contribution is 2.21. The molecule has 0 saturated carbocycles. The standard InChI is InChI=1S/C11H12O4/c12-11(13)9-3-1-2-8(6-9)10-7-14-4-5-15-10/h1-3,6,10H,4-5,7H2,(H,12,13). The summed E-state index contributed by atoms with van der Waals surface area (Å²) in [4.78, 5) is 10.8. The smallest absolute Gasteiger partial charge is 0.335 e. The third kappa shape index (κ3) is 2.34. The van der Waals surface area contributed by atoms with Crippen LogP contribution in [0.15, 0.2) is 24.3 Å². The predicted octanol–water partition coefficient (Wildman–Crippen LogP) is 1.47. The van der Waals surface area contributed by atoms with E-state index in [4.69, 9.17) is 14.6 Å². The molecule has 2 rings (SSSR count). The summed E-state index contributed by atoms with van der Waals surface area (Å²) in [5.41, 5.74) is 1.14. The molecular weight excluding hydrogens is 196 g/mol. The molecule has 0 aliphatic carbocycles. The number of benzene rings is 1. The molecule has 1 unspecified atom stereocenters. The van der Waals surface area contributed by atoms with E-state index in [1.807, 2.05) is 6.07 Å². The SMILES string of the molecule is O=C(O)c1cccc(C2COCCO2)c1. The van der Waals surface area contributed by atoms with Crippen molar-refractivity contribution in [3.05, 3.63) is 35.4 Å². The third-order valence-corrected chi connectivity index (χ3v) is 2.32. The van der Waals surface area contributed by atoms with Crippen LogP contribution in [-0.4, -0.2) is 30.9 Å². The maximum Gasteiger partial charge on any atom is 0.335 e. The fourth-order valence-electron chi connectivity index (χ4n) is 1.55. The maximum atomic E-state index is 10.8. The van der Waals surface area contributed by atoms with Crippen LogP contribution in [0.3, 0.4) is 0 Å². The van der Waals surface area contributed by atoms with Gasteiger partial charge < -0.3 is 14.6 Å². The van der Waals surface area contributed by atoms with E-state index in [0.717, 1.165) is 5.56 Å². The molecule has 4 nitrogen and oxygen atoms in total. The molecule has 0 spiro atoms. The highest BCUT2D eigenvalue weighted by Gasteiger charge is 2.17. The highest BCUT2D eigenvalue weighted by atomic mass is 16.6. The van der Waals surface area contributed by atoms with Crippen LogP contribution in [0.25, 0.3) is 0 Å². The summed E-state index contributed by atoms with van der Waals surface area (Å²) >= 11 is 0. The van der Waals surface area contributed by atoms with Crippen molar-refractivity contribution in [1.82, 2.24) is 0 Å². The number of carboxylic acid groups (broad SMARTS) is 1. The van der Waals surface area contributed by atoms with Crippen molar-refractivity contribution in [2.24, 2.45) is 0 Å². The Balaban J connectivity index is 2.19. The van der Waals surface area contributed by atoms with E-state index in [1.165, 1.54) is 0 Å². The van der Waals surface area contributed by atoms with Crippen LogP contribution in [0.5, 0.6) is 0 Å². The average molecular weight is 208 g/mol. The molecule has 1 N–H and O–H groups in total. The quantitative estimate of drug-likeness (QED) is 0.799. The van der Waals surface area contributed by atoms with Crippen LogP contribution in [0.1, 0.15) is 22.0 Å². The summed E-state index contributed by atoms with van der Waals surface area (Å²) in [7, 11) is 0. The Labute approximate surface area is 87.4 Å². The van der Waals surface area contributed by atoms with Gasteiger partial charge in [-0.3, -0.25) is 0 Å². The maximum absolute atomic E-state index is 10.8. The van der Waals surface area contributed by atoms with E-state index in [-0.39, 0.29) is 11.7 Å². The number of rotatable bonds is 2. The third-order valence-electron chi connectivity index (χ3n) is 2.32. The van der Waals surface area contributed by atoms with Gasteiger partial charge >= 0.3 is 5.97 Å². The molecule has 1 saturated heterocycles. The zero-order valence-corrected chi connectivity index (χ0v) is 8.18. The Morgan fingerprint density at radius 3 is 2.93 bits per heavy atom. The molecule has 0 amide bonds. The molecule has 1 aromatic carbocycles.